The standard InChI is InChI=1S/C26H23Cl2N5O3/c27-17-6-8-19-16(11-17)5-10-23(30-19)31-24(34)14-1-3-15(4-2-14)25-32-33-26(36-25)22-13-29-20-12-18(28)7-9-21(20)35-22/h5-12,14-15,22,29H,1-4,13H2,(H,30,31,34)/t14-,15-,22?. The molecule has 0 spiro atoms. The van der Waals surface area contributed by atoms with Crippen LogP contribution in [0.1, 0.15) is 49.5 Å². The van der Waals surface area contributed by atoms with Crippen LogP contribution in [0.2, 0.25) is 10.0 Å². The van der Waals surface area contributed by atoms with Gasteiger partial charge in [-0.15, -0.1) is 10.2 Å². The van der Waals surface area contributed by atoms with Gasteiger partial charge < -0.3 is 19.8 Å². The maximum absolute atomic E-state index is 12.9. The topological polar surface area (TPSA) is 102 Å². The number of hydrogen-bond donors (Lipinski definition) is 2. The van der Waals surface area contributed by atoms with Gasteiger partial charge in [-0.3, -0.25) is 4.79 Å². The number of carbonyl (C=O) groups excluding carboxylic acids is 1. The number of benzene rings is 2. The Kier molecular flexibility index (Phi) is 6.15. The number of fused-ring (bicyclic) bond motifs is 2. The average Bonchev–Trinajstić information content (AvgIpc) is 3.39. The number of amides is 1. The van der Waals surface area contributed by atoms with E-state index in [0.29, 0.717) is 39.9 Å². The van der Waals surface area contributed by atoms with Gasteiger partial charge >= 0.3 is 0 Å². The van der Waals surface area contributed by atoms with Crippen LogP contribution in [0.4, 0.5) is 11.5 Å². The number of aromatic nitrogens is 3. The Morgan fingerprint density at radius 3 is 2.58 bits per heavy atom. The van der Waals surface area contributed by atoms with Gasteiger partial charge in [0.1, 0.15) is 11.6 Å². The van der Waals surface area contributed by atoms with Gasteiger partial charge in [-0.2, -0.15) is 0 Å². The van der Waals surface area contributed by atoms with E-state index in [1.807, 2.05) is 30.3 Å². The normalized spacial score (nSPS) is 21.3. The Balaban J connectivity index is 1.05. The molecule has 2 aromatic carbocycles. The van der Waals surface area contributed by atoms with E-state index < -0.39 is 0 Å². The molecule has 10 heteroatoms. The number of halogens is 2. The van der Waals surface area contributed by atoms with Gasteiger partial charge in [0.2, 0.25) is 11.8 Å². The minimum atomic E-state index is -0.368. The molecule has 1 saturated carbocycles. The SMILES string of the molecule is O=C(Nc1ccc2cc(Cl)ccc2n1)[C@H]1CC[C@H](c2nnc(C3CNc4cc(Cl)ccc4O3)o2)CC1. The highest BCUT2D eigenvalue weighted by molar-refractivity contribution is 6.31. The highest BCUT2D eigenvalue weighted by atomic mass is 35.5. The summed E-state index contributed by atoms with van der Waals surface area (Å²) in [6.45, 7) is 0.512. The lowest BCUT2D eigenvalue weighted by Gasteiger charge is -2.26. The number of ether oxygens (including phenoxy) is 1. The van der Waals surface area contributed by atoms with Crippen LogP contribution in [0.15, 0.2) is 52.9 Å². The third-order valence-corrected chi connectivity index (χ3v) is 7.24. The van der Waals surface area contributed by atoms with Crippen LogP contribution < -0.4 is 15.4 Å². The average molecular weight is 524 g/mol. The Morgan fingerprint density at radius 2 is 1.72 bits per heavy atom. The van der Waals surface area contributed by atoms with Crippen LogP contribution in [0.25, 0.3) is 10.9 Å². The molecule has 4 aromatic rings. The smallest absolute Gasteiger partial charge is 0.258 e. The van der Waals surface area contributed by atoms with Crippen molar-refractivity contribution >= 4 is 51.5 Å². The summed E-state index contributed by atoms with van der Waals surface area (Å²) in [7, 11) is 0. The van der Waals surface area contributed by atoms with Crippen LogP contribution in [0.5, 0.6) is 5.75 Å². The lowest BCUT2D eigenvalue weighted by molar-refractivity contribution is -0.120. The molecule has 0 radical (unpaired) electrons. The molecule has 2 aromatic heterocycles. The van der Waals surface area contributed by atoms with Crippen molar-refractivity contribution in [3.63, 3.8) is 0 Å². The van der Waals surface area contributed by atoms with E-state index in [9.17, 15) is 4.79 Å². The number of carbonyl (C=O) groups is 1. The van der Waals surface area contributed by atoms with E-state index in [4.69, 9.17) is 32.4 Å². The summed E-state index contributed by atoms with van der Waals surface area (Å²) in [4.78, 5) is 17.4. The quantitative estimate of drug-likeness (QED) is 0.319. The lowest BCUT2D eigenvalue weighted by atomic mass is 9.81. The van der Waals surface area contributed by atoms with Crippen LogP contribution in [0.3, 0.4) is 0 Å². The van der Waals surface area contributed by atoms with Gasteiger partial charge in [0.25, 0.3) is 5.89 Å². The zero-order valence-corrected chi connectivity index (χ0v) is 20.7. The first-order chi connectivity index (χ1) is 17.5. The summed E-state index contributed by atoms with van der Waals surface area (Å²) in [5.41, 5.74) is 1.64. The molecule has 1 fully saturated rings. The Labute approximate surface area is 217 Å². The van der Waals surface area contributed by atoms with Crippen molar-refractivity contribution in [2.24, 2.45) is 5.92 Å². The fourth-order valence-corrected chi connectivity index (χ4v) is 5.17. The van der Waals surface area contributed by atoms with Crippen molar-refractivity contribution in [3.8, 4) is 5.75 Å². The number of nitrogens with one attached hydrogen (secondary N) is 2. The molecule has 0 bridgehead atoms. The van der Waals surface area contributed by atoms with Crippen molar-refractivity contribution < 1.29 is 13.9 Å². The first kappa shape index (κ1) is 23.1. The zero-order valence-electron chi connectivity index (χ0n) is 19.2. The number of hydrogen-bond acceptors (Lipinski definition) is 7. The van der Waals surface area contributed by atoms with Gasteiger partial charge in [-0.05, 0) is 74.2 Å². The largest absolute Gasteiger partial charge is 0.477 e. The van der Waals surface area contributed by atoms with Crippen molar-refractivity contribution in [2.45, 2.75) is 37.7 Å². The fourth-order valence-electron chi connectivity index (χ4n) is 4.82. The first-order valence-electron chi connectivity index (χ1n) is 11.9. The van der Waals surface area contributed by atoms with E-state index >= 15 is 0 Å². The van der Waals surface area contributed by atoms with E-state index in [-0.39, 0.29) is 23.8 Å². The van der Waals surface area contributed by atoms with Crippen molar-refractivity contribution in [1.29, 1.82) is 0 Å². The van der Waals surface area contributed by atoms with Crippen molar-refractivity contribution in [1.82, 2.24) is 15.2 Å². The molecule has 1 aliphatic heterocycles. The molecule has 6 rings (SSSR count). The summed E-state index contributed by atoms with van der Waals surface area (Å²) < 4.78 is 12.0. The molecule has 36 heavy (non-hydrogen) atoms. The van der Waals surface area contributed by atoms with Crippen LogP contribution in [-0.4, -0.2) is 27.6 Å². The lowest BCUT2D eigenvalue weighted by Crippen LogP contribution is -2.27. The summed E-state index contributed by atoms with van der Waals surface area (Å²) >= 11 is 12.1. The predicted octanol–water partition coefficient (Wildman–Crippen LogP) is 6.38. The number of pyridine rings is 1. The molecule has 184 valence electrons. The second-order valence-corrected chi connectivity index (χ2v) is 10.1. The second kappa shape index (κ2) is 9.59. The van der Waals surface area contributed by atoms with E-state index in [0.717, 1.165) is 42.3 Å². The summed E-state index contributed by atoms with van der Waals surface area (Å²) in [6, 6.07) is 14.6. The Hall–Kier alpha value is -3.36. The number of anilines is 2. The van der Waals surface area contributed by atoms with E-state index in [2.05, 4.69) is 25.8 Å². The van der Waals surface area contributed by atoms with Crippen LogP contribution in [0, 0.1) is 5.92 Å². The summed E-state index contributed by atoms with van der Waals surface area (Å²) in [6.07, 6.45) is 2.72. The van der Waals surface area contributed by atoms with Crippen LogP contribution >= 0.6 is 23.2 Å². The zero-order chi connectivity index (χ0) is 24.6. The van der Waals surface area contributed by atoms with Gasteiger partial charge in [0.15, 0.2) is 6.10 Å². The number of nitrogens with zero attached hydrogens (tertiary/aromatic N) is 3. The molecular weight excluding hydrogens is 501 g/mol. The van der Waals surface area contributed by atoms with Crippen LogP contribution in [-0.2, 0) is 4.79 Å². The van der Waals surface area contributed by atoms with Gasteiger partial charge in [0.05, 0.1) is 17.7 Å². The molecule has 1 amide bonds. The third kappa shape index (κ3) is 4.70. The summed E-state index contributed by atoms with van der Waals surface area (Å²) in [5.74, 6) is 2.32. The molecule has 8 nitrogen and oxygen atoms in total. The van der Waals surface area contributed by atoms with E-state index in [1.165, 1.54) is 0 Å². The van der Waals surface area contributed by atoms with Crippen molar-refractivity contribution in [2.75, 3.05) is 17.2 Å². The molecule has 2 N–H and O–H groups in total. The molecule has 2 aliphatic rings. The highest BCUT2D eigenvalue weighted by Gasteiger charge is 2.32. The third-order valence-electron chi connectivity index (χ3n) is 6.77. The van der Waals surface area contributed by atoms with Gasteiger partial charge in [0, 0.05) is 27.3 Å². The Morgan fingerprint density at radius 1 is 0.944 bits per heavy atom. The van der Waals surface area contributed by atoms with Gasteiger partial charge in [-0.25, -0.2) is 4.98 Å². The summed E-state index contributed by atoms with van der Waals surface area (Å²) in [5, 5.41) is 17.0. The maximum atomic E-state index is 12.9. The molecule has 1 aliphatic carbocycles. The van der Waals surface area contributed by atoms with E-state index in [1.54, 1.807) is 18.2 Å². The fraction of sp³-hybridized carbons (Fsp3) is 0.308. The van der Waals surface area contributed by atoms with Gasteiger partial charge in [-0.1, -0.05) is 23.2 Å². The molecule has 0 saturated heterocycles. The molecule has 3 heterocycles. The highest BCUT2D eigenvalue weighted by Crippen LogP contribution is 2.38. The molecule has 1 atom stereocenters. The number of rotatable bonds is 4. The molecule has 1 unspecified atom stereocenters. The monoisotopic (exact) mass is 523 g/mol. The minimum absolute atomic E-state index is 0.0130. The predicted molar refractivity (Wildman–Crippen MR) is 138 cm³/mol. The Bertz CT molecular complexity index is 1430. The maximum Gasteiger partial charge on any atom is 0.258 e. The molecular formula is C26H23Cl2N5O3. The minimum Gasteiger partial charge on any atom is -0.477 e. The first-order valence-corrected chi connectivity index (χ1v) is 12.7. The van der Waals surface area contributed by atoms with Crippen molar-refractivity contribution in [3.05, 3.63) is 70.4 Å². The second-order valence-electron chi connectivity index (χ2n) is 9.18.